The maximum atomic E-state index is 12.2. The summed E-state index contributed by atoms with van der Waals surface area (Å²) in [5, 5.41) is 9.24. The number of amides is 1. The van der Waals surface area contributed by atoms with Crippen LogP contribution in [0.25, 0.3) is 0 Å². The van der Waals surface area contributed by atoms with Gasteiger partial charge in [0.2, 0.25) is 5.91 Å². The van der Waals surface area contributed by atoms with E-state index in [-0.39, 0.29) is 12.1 Å². The fourth-order valence-corrected chi connectivity index (χ4v) is 2.46. The number of carboxylic acid groups (broad SMARTS) is 1. The summed E-state index contributed by atoms with van der Waals surface area (Å²) in [7, 11) is 0. The Bertz CT molecular complexity index is 633. The third kappa shape index (κ3) is 2.49. The zero-order valence-corrected chi connectivity index (χ0v) is 10.9. The molecule has 8 heteroatoms. The first-order chi connectivity index (χ1) is 9.33. The number of carboxylic acids is 1. The SMILES string of the molecule is CC1(C(=O)O)CCCN1C(=O)Cc1cc(=O)[nH]c(=O)[nH]1. The number of nitrogens with zero attached hydrogens (tertiary/aromatic N) is 1. The van der Waals surface area contributed by atoms with Crippen LogP contribution in [0.3, 0.4) is 0 Å². The number of likely N-dealkylation sites (tertiary alicyclic amines) is 1. The Morgan fingerprint density at radius 1 is 1.40 bits per heavy atom. The number of rotatable bonds is 3. The van der Waals surface area contributed by atoms with Gasteiger partial charge in [0.05, 0.1) is 6.42 Å². The van der Waals surface area contributed by atoms with E-state index in [9.17, 15) is 24.3 Å². The van der Waals surface area contributed by atoms with E-state index in [1.165, 1.54) is 11.8 Å². The van der Waals surface area contributed by atoms with E-state index < -0.39 is 28.7 Å². The zero-order chi connectivity index (χ0) is 14.9. The van der Waals surface area contributed by atoms with E-state index in [2.05, 4.69) is 4.98 Å². The van der Waals surface area contributed by atoms with Crippen LogP contribution in [0, 0.1) is 0 Å². The molecule has 1 aliphatic rings. The fourth-order valence-electron chi connectivity index (χ4n) is 2.46. The van der Waals surface area contributed by atoms with Crippen molar-refractivity contribution >= 4 is 11.9 Å². The topological polar surface area (TPSA) is 123 Å². The number of aliphatic carboxylic acids is 1. The summed E-state index contributed by atoms with van der Waals surface area (Å²) in [5.74, 6) is -1.48. The minimum absolute atomic E-state index is 0.170. The minimum atomic E-state index is -1.22. The van der Waals surface area contributed by atoms with Crippen LogP contribution < -0.4 is 11.2 Å². The molecule has 0 bridgehead atoms. The molecule has 2 rings (SSSR count). The molecule has 1 atom stereocenters. The van der Waals surface area contributed by atoms with Crippen molar-refractivity contribution in [1.82, 2.24) is 14.9 Å². The van der Waals surface area contributed by atoms with Gasteiger partial charge in [0, 0.05) is 18.3 Å². The lowest BCUT2D eigenvalue weighted by molar-refractivity contribution is -0.155. The molecule has 1 saturated heterocycles. The second-order valence-electron chi connectivity index (χ2n) is 5.02. The van der Waals surface area contributed by atoms with Gasteiger partial charge in [-0.2, -0.15) is 0 Å². The van der Waals surface area contributed by atoms with Crippen LogP contribution in [0.15, 0.2) is 15.7 Å². The first-order valence-corrected chi connectivity index (χ1v) is 6.19. The van der Waals surface area contributed by atoms with Crippen molar-refractivity contribution in [2.75, 3.05) is 6.54 Å². The van der Waals surface area contributed by atoms with Crippen molar-refractivity contribution in [2.45, 2.75) is 31.7 Å². The van der Waals surface area contributed by atoms with Crippen molar-refractivity contribution in [3.63, 3.8) is 0 Å². The molecular weight excluding hydrogens is 266 g/mol. The van der Waals surface area contributed by atoms with E-state index in [1.54, 1.807) is 0 Å². The first-order valence-electron chi connectivity index (χ1n) is 6.19. The highest BCUT2D eigenvalue weighted by Gasteiger charge is 2.45. The molecule has 3 N–H and O–H groups in total. The Morgan fingerprint density at radius 2 is 2.10 bits per heavy atom. The summed E-state index contributed by atoms with van der Waals surface area (Å²) in [6.07, 6.45) is 0.794. The Hall–Kier alpha value is -2.38. The fraction of sp³-hybridized carbons (Fsp3) is 0.500. The molecule has 1 aromatic heterocycles. The summed E-state index contributed by atoms with van der Waals surface area (Å²) in [5.41, 5.74) is -2.34. The van der Waals surface area contributed by atoms with Crippen molar-refractivity contribution in [3.8, 4) is 0 Å². The molecule has 0 aromatic carbocycles. The van der Waals surface area contributed by atoms with Gasteiger partial charge in [-0.05, 0) is 19.8 Å². The first kappa shape index (κ1) is 14.0. The van der Waals surface area contributed by atoms with Crippen molar-refractivity contribution in [2.24, 2.45) is 0 Å². The number of carbonyl (C=O) groups excluding carboxylic acids is 1. The smallest absolute Gasteiger partial charge is 0.329 e. The van der Waals surface area contributed by atoms with Crippen LogP contribution in [0.2, 0.25) is 0 Å². The maximum Gasteiger partial charge on any atom is 0.329 e. The van der Waals surface area contributed by atoms with E-state index in [4.69, 9.17) is 0 Å². The van der Waals surface area contributed by atoms with Gasteiger partial charge >= 0.3 is 11.7 Å². The Labute approximate surface area is 113 Å². The molecule has 108 valence electrons. The molecule has 0 spiro atoms. The normalized spacial score (nSPS) is 21.9. The van der Waals surface area contributed by atoms with E-state index in [1.807, 2.05) is 4.98 Å². The molecule has 1 fully saturated rings. The van der Waals surface area contributed by atoms with Crippen LogP contribution in [0.1, 0.15) is 25.5 Å². The number of hydrogen-bond donors (Lipinski definition) is 3. The molecule has 1 aliphatic heterocycles. The van der Waals surface area contributed by atoms with Gasteiger partial charge < -0.3 is 15.0 Å². The highest BCUT2D eigenvalue weighted by Crippen LogP contribution is 2.29. The average molecular weight is 281 g/mol. The number of H-pyrrole nitrogens is 2. The van der Waals surface area contributed by atoms with Gasteiger partial charge in [-0.15, -0.1) is 0 Å². The molecule has 1 unspecified atom stereocenters. The minimum Gasteiger partial charge on any atom is -0.480 e. The van der Waals surface area contributed by atoms with Crippen LogP contribution in [0.4, 0.5) is 0 Å². The van der Waals surface area contributed by atoms with E-state index in [0.717, 1.165) is 6.07 Å². The highest BCUT2D eigenvalue weighted by atomic mass is 16.4. The summed E-state index contributed by atoms with van der Waals surface area (Å²) in [6.45, 7) is 1.86. The Kier molecular flexibility index (Phi) is 3.47. The van der Waals surface area contributed by atoms with Crippen molar-refractivity contribution in [1.29, 1.82) is 0 Å². The molecule has 8 nitrogen and oxygen atoms in total. The number of carbonyl (C=O) groups is 2. The number of aromatic nitrogens is 2. The molecule has 1 aromatic rings. The lowest BCUT2D eigenvalue weighted by atomic mass is 9.99. The Morgan fingerprint density at radius 3 is 2.70 bits per heavy atom. The summed E-state index contributed by atoms with van der Waals surface area (Å²) in [4.78, 5) is 51.4. The predicted molar refractivity (Wildman–Crippen MR) is 68.4 cm³/mol. The lowest BCUT2D eigenvalue weighted by Crippen LogP contribution is -2.51. The largest absolute Gasteiger partial charge is 0.480 e. The second-order valence-corrected chi connectivity index (χ2v) is 5.02. The zero-order valence-electron chi connectivity index (χ0n) is 10.9. The van der Waals surface area contributed by atoms with Gasteiger partial charge in [0.25, 0.3) is 5.56 Å². The van der Waals surface area contributed by atoms with E-state index >= 15 is 0 Å². The van der Waals surface area contributed by atoms with E-state index in [0.29, 0.717) is 19.4 Å². The van der Waals surface area contributed by atoms with Crippen molar-refractivity contribution < 1.29 is 14.7 Å². The summed E-state index contributed by atoms with van der Waals surface area (Å²) >= 11 is 0. The Balaban J connectivity index is 2.22. The summed E-state index contributed by atoms with van der Waals surface area (Å²) in [6, 6.07) is 1.12. The number of aromatic amines is 2. The van der Waals surface area contributed by atoms with Gasteiger partial charge in [-0.1, -0.05) is 0 Å². The van der Waals surface area contributed by atoms with Crippen LogP contribution in [-0.2, 0) is 16.0 Å². The van der Waals surface area contributed by atoms with Gasteiger partial charge in [0.15, 0.2) is 0 Å². The molecule has 0 saturated carbocycles. The second kappa shape index (κ2) is 4.95. The quantitative estimate of drug-likeness (QED) is 0.660. The maximum absolute atomic E-state index is 12.2. The van der Waals surface area contributed by atoms with Gasteiger partial charge in [-0.25, -0.2) is 9.59 Å². The number of hydrogen-bond acceptors (Lipinski definition) is 4. The van der Waals surface area contributed by atoms with Gasteiger partial charge in [-0.3, -0.25) is 14.6 Å². The molecule has 2 heterocycles. The van der Waals surface area contributed by atoms with Crippen LogP contribution >= 0.6 is 0 Å². The monoisotopic (exact) mass is 281 g/mol. The predicted octanol–water partition coefficient (Wildman–Crippen LogP) is -0.929. The standard InChI is InChI=1S/C12H15N3O5/c1-12(10(18)19)3-2-4-15(12)9(17)6-7-5-8(16)14-11(20)13-7/h5H,2-4,6H2,1H3,(H,18,19)(H2,13,14,16,20). The molecule has 1 amide bonds. The number of nitrogens with one attached hydrogen (secondary N) is 2. The van der Waals surface area contributed by atoms with Crippen LogP contribution in [-0.4, -0.2) is 43.9 Å². The van der Waals surface area contributed by atoms with Crippen molar-refractivity contribution in [3.05, 3.63) is 32.6 Å². The highest BCUT2D eigenvalue weighted by molar-refractivity contribution is 5.88. The summed E-state index contributed by atoms with van der Waals surface area (Å²) < 4.78 is 0. The van der Waals surface area contributed by atoms with Crippen LogP contribution in [0.5, 0.6) is 0 Å². The molecular formula is C12H15N3O5. The third-order valence-electron chi connectivity index (χ3n) is 3.56. The molecule has 0 aliphatic carbocycles. The van der Waals surface area contributed by atoms with Gasteiger partial charge in [0.1, 0.15) is 5.54 Å². The third-order valence-corrected chi connectivity index (χ3v) is 3.56. The molecule has 0 radical (unpaired) electrons. The lowest BCUT2D eigenvalue weighted by Gasteiger charge is -2.31. The average Bonchev–Trinajstić information content (AvgIpc) is 2.71. The molecule has 20 heavy (non-hydrogen) atoms.